The van der Waals surface area contributed by atoms with Gasteiger partial charge in [0.15, 0.2) is 12.2 Å². The summed E-state index contributed by atoms with van der Waals surface area (Å²) in [7, 11) is 1.62. The molecule has 0 aliphatic rings. The summed E-state index contributed by atoms with van der Waals surface area (Å²) in [6.45, 7) is -0.345. The molecular formula is C19H16N2O4. The highest BCUT2D eigenvalue weighted by Gasteiger charge is 2.12. The Kier molecular flexibility index (Phi) is 4.89. The van der Waals surface area contributed by atoms with Crippen molar-refractivity contribution in [3.63, 3.8) is 0 Å². The van der Waals surface area contributed by atoms with Gasteiger partial charge in [-0.05, 0) is 24.3 Å². The lowest BCUT2D eigenvalue weighted by Gasteiger charge is -2.16. The van der Waals surface area contributed by atoms with Crippen LogP contribution in [0.15, 0.2) is 65.1 Å². The average Bonchev–Trinajstić information content (AvgIpc) is 3.07. The van der Waals surface area contributed by atoms with Gasteiger partial charge < -0.3 is 14.1 Å². The second kappa shape index (κ2) is 7.44. The number of ether oxygens (including phenoxy) is 1. The summed E-state index contributed by atoms with van der Waals surface area (Å²) < 4.78 is 10.4. The average molecular weight is 336 g/mol. The molecule has 0 bridgehead atoms. The van der Waals surface area contributed by atoms with Crippen LogP contribution in [0.25, 0.3) is 17.2 Å². The van der Waals surface area contributed by atoms with E-state index in [1.165, 1.54) is 17.1 Å². The van der Waals surface area contributed by atoms with Gasteiger partial charge in [0.2, 0.25) is 5.89 Å². The largest absolute Gasteiger partial charge is 0.452 e. The molecule has 3 rings (SSSR count). The monoisotopic (exact) mass is 336 g/mol. The maximum absolute atomic E-state index is 12.0. The molecule has 1 amide bonds. The zero-order valence-corrected chi connectivity index (χ0v) is 13.6. The van der Waals surface area contributed by atoms with Gasteiger partial charge in [0.1, 0.15) is 5.52 Å². The van der Waals surface area contributed by atoms with E-state index in [1.807, 2.05) is 36.4 Å². The number of para-hydroxylation sites is 3. The summed E-state index contributed by atoms with van der Waals surface area (Å²) in [6, 6.07) is 16.4. The number of carbonyl (C=O) groups is 2. The van der Waals surface area contributed by atoms with Crippen molar-refractivity contribution in [1.82, 2.24) is 4.98 Å². The molecule has 0 aliphatic heterocycles. The van der Waals surface area contributed by atoms with Crippen molar-refractivity contribution in [3.8, 4) is 0 Å². The Bertz CT molecular complexity index is 882. The fraction of sp³-hybridized carbons (Fsp3) is 0.105. The van der Waals surface area contributed by atoms with E-state index in [-0.39, 0.29) is 12.5 Å². The molecule has 0 aliphatic carbocycles. The van der Waals surface area contributed by atoms with E-state index >= 15 is 0 Å². The Morgan fingerprint density at radius 1 is 1.12 bits per heavy atom. The molecule has 0 N–H and O–H groups in total. The number of fused-ring (bicyclic) bond motifs is 1. The Labute approximate surface area is 144 Å². The summed E-state index contributed by atoms with van der Waals surface area (Å²) in [4.78, 5) is 29.4. The van der Waals surface area contributed by atoms with E-state index in [4.69, 9.17) is 9.15 Å². The van der Waals surface area contributed by atoms with Crippen molar-refractivity contribution in [2.75, 3.05) is 18.6 Å². The summed E-state index contributed by atoms with van der Waals surface area (Å²) in [6.07, 6.45) is 2.59. The van der Waals surface area contributed by atoms with Gasteiger partial charge in [0, 0.05) is 24.9 Å². The van der Waals surface area contributed by atoms with Crippen molar-refractivity contribution in [3.05, 3.63) is 66.6 Å². The van der Waals surface area contributed by atoms with Gasteiger partial charge in [-0.25, -0.2) is 9.78 Å². The van der Waals surface area contributed by atoms with Gasteiger partial charge >= 0.3 is 5.97 Å². The molecule has 3 aromatic rings. The van der Waals surface area contributed by atoms with Crippen LogP contribution in [0, 0.1) is 0 Å². The summed E-state index contributed by atoms with van der Waals surface area (Å²) in [5.41, 5.74) is 2.07. The molecule has 25 heavy (non-hydrogen) atoms. The van der Waals surface area contributed by atoms with Crippen LogP contribution in [0.4, 0.5) is 5.69 Å². The third-order valence-electron chi connectivity index (χ3n) is 3.53. The maximum Gasteiger partial charge on any atom is 0.331 e. The van der Waals surface area contributed by atoms with Gasteiger partial charge in [-0.15, -0.1) is 0 Å². The van der Waals surface area contributed by atoms with Crippen molar-refractivity contribution in [1.29, 1.82) is 0 Å². The Morgan fingerprint density at radius 3 is 2.60 bits per heavy atom. The molecule has 0 saturated carbocycles. The molecular weight excluding hydrogens is 320 g/mol. The first-order valence-corrected chi connectivity index (χ1v) is 7.65. The first kappa shape index (κ1) is 16.4. The van der Waals surface area contributed by atoms with Crippen LogP contribution in [-0.4, -0.2) is 30.5 Å². The molecule has 0 radical (unpaired) electrons. The van der Waals surface area contributed by atoms with E-state index in [9.17, 15) is 9.59 Å². The zero-order chi connectivity index (χ0) is 17.6. The SMILES string of the molecule is CN(C(=O)COC(=O)/C=C/c1nc2ccccc2o1)c1ccccc1. The Hall–Kier alpha value is -3.41. The summed E-state index contributed by atoms with van der Waals surface area (Å²) in [5, 5.41) is 0. The second-order valence-corrected chi connectivity index (χ2v) is 5.25. The highest BCUT2D eigenvalue weighted by molar-refractivity contribution is 5.96. The molecule has 0 atom stereocenters. The number of anilines is 1. The normalized spacial score (nSPS) is 10.9. The number of likely N-dealkylation sites (N-methyl/N-ethyl adjacent to an activating group) is 1. The van der Waals surface area contributed by atoms with E-state index in [0.29, 0.717) is 17.0 Å². The molecule has 0 saturated heterocycles. The number of benzene rings is 2. The number of nitrogens with zero attached hydrogens (tertiary/aromatic N) is 2. The highest BCUT2D eigenvalue weighted by Crippen LogP contribution is 2.15. The van der Waals surface area contributed by atoms with Crippen LogP contribution in [0.3, 0.4) is 0 Å². The lowest BCUT2D eigenvalue weighted by atomic mass is 10.3. The quantitative estimate of drug-likeness (QED) is 0.529. The highest BCUT2D eigenvalue weighted by atomic mass is 16.5. The minimum atomic E-state index is -0.642. The first-order chi connectivity index (χ1) is 12.1. The molecule has 0 spiro atoms. The molecule has 6 nitrogen and oxygen atoms in total. The van der Waals surface area contributed by atoms with Crippen LogP contribution in [0.2, 0.25) is 0 Å². The Balaban J connectivity index is 1.54. The third kappa shape index (κ3) is 4.11. The number of amides is 1. The number of aromatic nitrogens is 1. The van der Waals surface area contributed by atoms with Crippen molar-refractivity contribution < 1.29 is 18.7 Å². The lowest BCUT2D eigenvalue weighted by molar-refractivity contribution is -0.142. The topological polar surface area (TPSA) is 72.6 Å². The van der Waals surface area contributed by atoms with E-state index in [0.717, 1.165) is 5.69 Å². The number of rotatable bonds is 5. The molecule has 1 aromatic heterocycles. The first-order valence-electron chi connectivity index (χ1n) is 7.65. The van der Waals surface area contributed by atoms with E-state index in [2.05, 4.69) is 4.98 Å². The zero-order valence-electron chi connectivity index (χ0n) is 13.6. The van der Waals surface area contributed by atoms with Crippen molar-refractivity contribution in [2.24, 2.45) is 0 Å². The lowest BCUT2D eigenvalue weighted by Crippen LogP contribution is -2.30. The molecule has 0 fully saturated rings. The minimum Gasteiger partial charge on any atom is -0.452 e. The predicted molar refractivity (Wildman–Crippen MR) is 93.9 cm³/mol. The van der Waals surface area contributed by atoms with E-state index in [1.54, 1.807) is 25.2 Å². The van der Waals surface area contributed by atoms with Crippen LogP contribution < -0.4 is 4.90 Å². The minimum absolute atomic E-state index is 0.297. The van der Waals surface area contributed by atoms with E-state index < -0.39 is 5.97 Å². The third-order valence-corrected chi connectivity index (χ3v) is 3.53. The number of carbonyl (C=O) groups excluding carboxylic acids is 2. The number of esters is 1. The predicted octanol–water partition coefficient (Wildman–Crippen LogP) is 3.05. The Morgan fingerprint density at radius 2 is 1.84 bits per heavy atom. The molecule has 126 valence electrons. The van der Waals surface area contributed by atoms with Crippen LogP contribution >= 0.6 is 0 Å². The fourth-order valence-corrected chi connectivity index (χ4v) is 2.17. The summed E-state index contributed by atoms with van der Waals surface area (Å²) in [5.74, 6) is -0.669. The van der Waals surface area contributed by atoms with Crippen LogP contribution in [-0.2, 0) is 14.3 Å². The second-order valence-electron chi connectivity index (χ2n) is 5.25. The van der Waals surface area contributed by atoms with Gasteiger partial charge in [-0.3, -0.25) is 4.79 Å². The molecule has 1 heterocycles. The van der Waals surface area contributed by atoms with Gasteiger partial charge in [-0.1, -0.05) is 30.3 Å². The van der Waals surface area contributed by atoms with Gasteiger partial charge in [-0.2, -0.15) is 0 Å². The van der Waals surface area contributed by atoms with Crippen molar-refractivity contribution in [2.45, 2.75) is 0 Å². The van der Waals surface area contributed by atoms with Crippen LogP contribution in [0.5, 0.6) is 0 Å². The maximum atomic E-state index is 12.0. The molecule has 0 unspecified atom stereocenters. The number of hydrogen-bond donors (Lipinski definition) is 0. The van der Waals surface area contributed by atoms with Gasteiger partial charge in [0.05, 0.1) is 0 Å². The van der Waals surface area contributed by atoms with Gasteiger partial charge in [0.25, 0.3) is 5.91 Å². The van der Waals surface area contributed by atoms with Crippen molar-refractivity contribution >= 4 is 34.7 Å². The number of hydrogen-bond acceptors (Lipinski definition) is 5. The standard InChI is InChI=1S/C19H16N2O4/c1-21(14-7-3-2-4-8-14)18(22)13-24-19(23)12-11-17-20-15-9-5-6-10-16(15)25-17/h2-12H,13H2,1H3/b12-11+. The van der Waals surface area contributed by atoms with Crippen LogP contribution in [0.1, 0.15) is 5.89 Å². The summed E-state index contributed by atoms with van der Waals surface area (Å²) >= 11 is 0. The molecule has 2 aromatic carbocycles. The smallest absolute Gasteiger partial charge is 0.331 e. The molecule has 6 heteroatoms. The fourth-order valence-electron chi connectivity index (χ4n) is 2.17. The number of oxazole rings is 1.